The zero-order valence-electron chi connectivity index (χ0n) is 15.7. The minimum atomic E-state index is -0.688. The van der Waals surface area contributed by atoms with Crippen molar-refractivity contribution in [2.24, 2.45) is 15.7 Å². The molecule has 0 saturated carbocycles. The average molecular weight is 468 g/mol. The average Bonchev–Trinajstić information content (AvgIpc) is 2.80. The van der Waals surface area contributed by atoms with Gasteiger partial charge < -0.3 is 0 Å². The molecule has 4 rings (SSSR count). The van der Waals surface area contributed by atoms with E-state index in [1.54, 1.807) is 0 Å². The number of para-hydroxylation sites is 2. The van der Waals surface area contributed by atoms with Crippen LogP contribution in [0.5, 0.6) is 0 Å². The Labute approximate surface area is 163 Å². The van der Waals surface area contributed by atoms with Crippen molar-refractivity contribution in [3.63, 3.8) is 0 Å². The Morgan fingerprint density at radius 3 is 1.92 bits per heavy atom. The van der Waals surface area contributed by atoms with E-state index in [1.807, 2.05) is 12.1 Å². The summed E-state index contributed by atoms with van der Waals surface area (Å²) in [6, 6.07) is 7.93. The Morgan fingerprint density at radius 1 is 0.885 bits per heavy atom. The van der Waals surface area contributed by atoms with Gasteiger partial charge in [-0.1, -0.05) is 0 Å². The number of benzene rings is 1. The number of piperazine rings is 1. The fourth-order valence-electron chi connectivity index (χ4n) is 3.65. The van der Waals surface area contributed by atoms with E-state index in [0.29, 0.717) is 0 Å². The monoisotopic (exact) mass is 468 g/mol. The van der Waals surface area contributed by atoms with Crippen molar-refractivity contribution in [3.05, 3.63) is 24.3 Å². The van der Waals surface area contributed by atoms with E-state index in [-0.39, 0.29) is 6.04 Å². The van der Waals surface area contributed by atoms with Crippen LogP contribution in [-0.4, -0.2) is 92.5 Å². The SMILES string of the molecule is CN1CCN(C2=Nc3ccccc3N=C(N3CCI(C)CC3)C2N)CC1. The molecule has 2 saturated heterocycles. The summed E-state index contributed by atoms with van der Waals surface area (Å²) in [4.78, 5) is 19.7. The molecule has 0 aliphatic carbocycles. The van der Waals surface area contributed by atoms with E-state index in [9.17, 15) is 0 Å². The molecule has 1 atom stereocenters. The molecule has 3 heterocycles. The van der Waals surface area contributed by atoms with Crippen molar-refractivity contribution in [2.45, 2.75) is 6.04 Å². The van der Waals surface area contributed by atoms with Gasteiger partial charge >= 0.3 is 164 Å². The molecule has 2 N–H and O–H groups in total. The van der Waals surface area contributed by atoms with Gasteiger partial charge in [0, 0.05) is 0 Å². The molecule has 0 aromatic heterocycles. The van der Waals surface area contributed by atoms with Crippen molar-refractivity contribution in [1.29, 1.82) is 0 Å². The first-order chi connectivity index (χ1) is 12.6. The van der Waals surface area contributed by atoms with Gasteiger partial charge in [0.25, 0.3) is 0 Å². The van der Waals surface area contributed by atoms with Gasteiger partial charge in [-0.2, -0.15) is 0 Å². The van der Waals surface area contributed by atoms with Gasteiger partial charge in [0.2, 0.25) is 0 Å². The van der Waals surface area contributed by atoms with Gasteiger partial charge in [0.1, 0.15) is 0 Å². The summed E-state index contributed by atoms with van der Waals surface area (Å²) >= 11 is -0.688. The number of alkyl halides is 3. The summed E-state index contributed by atoms with van der Waals surface area (Å²) in [5.74, 6) is 2.00. The molecule has 3 aliphatic rings. The van der Waals surface area contributed by atoms with Crippen LogP contribution in [0.3, 0.4) is 0 Å². The third kappa shape index (κ3) is 3.75. The molecule has 1 aromatic rings. The van der Waals surface area contributed by atoms with Crippen LogP contribution in [0.4, 0.5) is 11.4 Å². The number of halogens is 1. The summed E-state index contributed by atoms with van der Waals surface area (Å²) in [6.45, 7) is 6.26. The topological polar surface area (TPSA) is 60.5 Å². The van der Waals surface area contributed by atoms with Crippen molar-refractivity contribution >= 4 is 42.9 Å². The fraction of sp³-hybridized carbons (Fsp3) is 0.579. The van der Waals surface area contributed by atoms with Crippen LogP contribution >= 0.6 is 19.8 Å². The molecule has 7 heteroatoms. The second kappa shape index (κ2) is 7.82. The summed E-state index contributed by atoms with van der Waals surface area (Å²) in [5.41, 5.74) is 8.67. The number of hydrogen-bond donors (Lipinski definition) is 1. The van der Waals surface area contributed by atoms with Crippen molar-refractivity contribution in [1.82, 2.24) is 14.7 Å². The van der Waals surface area contributed by atoms with Crippen LogP contribution < -0.4 is 5.73 Å². The van der Waals surface area contributed by atoms with E-state index in [4.69, 9.17) is 15.7 Å². The van der Waals surface area contributed by atoms with E-state index in [1.165, 1.54) is 8.86 Å². The molecule has 0 radical (unpaired) electrons. The van der Waals surface area contributed by atoms with Crippen LogP contribution in [0.15, 0.2) is 34.3 Å². The van der Waals surface area contributed by atoms with Crippen LogP contribution in [-0.2, 0) is 0 Å². The first-order valence-corrected chi connectivity index (χ1v) is 14.5. The molecule has 3 aliphatic heterocycles. The van der Waals surface area contributed by atoms with Crippen LogP contribution in [0.1, 0.15) is 0 Å². The van der Waals surface area contributed by atoms with E-state index < -0.39 is 19.8 Å². The third-order valence-corrected chi connectivity index (χ3v) is 10.1. The Hall–Kier alpha value is -1.19. The van der Waals surface area contributed by atoms with Gasteiger partial charge in [-0.25, -0.2) is 0 Å². The summed E-state index contributed by atoms with van der Waals surface area (Å²) in [7, 11) is 2.17. The van der Waals surface area contributed by atoms with Gasteiger partial charge in [-0.15, -0.1) is 0 Å². The summed E-state index contributed by atoms with van der Waals surface area (Å²) < 4.78 is 2.72. The Morgan fingerprint density at radius 2 is 1.38 bits per heavy atom. The van der Waals surface area contributed by atoms with E-state index >= 15 is 0 Å². The second-order valence-electron chi connectivity index (χ2n) is 7.29. The molecule has 1 aromatic carbocycles. The number of hydrogen-bond acceptors (Lipinski definition) is 6. The van der Waals surface area contributed by atoms with Crippen molar-refractivity contribution in [2.75, 3.05) is 60.1 Å². The Balaban J connectivity index is 1.69. The van der Waals surface area contributed by atoms with E-state index in [2.05, 4.69) is 38.8 Å². The second-order valence-corrected chi connectivity index (χ2v) is 13.6. The number of amidine groups is 2. The quantitative estimate of drug-likeness (QED) is 0.466. The molecule has 26 heavy (non-hydrogen) atoms. The molecule has 1 unspecified atom stereocenters. The molecule has 2 fully saturated rings. The van der Waals surface area contributed by atoms with Gasteiger partial charge in [-0.3, -0.25) is 0 Å². The molecular weight excluding hydrogens is 439 g/mol. The molecule has 0 bridgehead atoms. The normalized spacial score (nSPS) is 26.1. The zero-order valence-corrected chi connectivity index (χ0v) is 17.9. The van der Waals surface area contributed by atoms with Gasteiger partial charge in [0.15, 0.2) is 0 Å². The predicted octanol–water partition coefficient (Wildman–Crippen LogP) is 1.79. The number of nitrogens with two attached hydrogens (primary N) is 1. The van der Waals surface area contributed by atoms with Crippen LogP contribution in [0.2, 0.25) is 0 Å². The van der Waals surface area contributed by atoms with Crippen LogP contribution in [0, 0.1) is 0 Å². The Kier molecular flexibility index (Phi) is 5.47. The Bertz CT molecular complexity index is 643. The van der Waals surface area contributed by atoms with Crippen molar-refractivity contribution < 1.29 is 0 Å². The number of rotatable bonds is 0. The van der Waals surface area contributed by atoms with Gasteiger partial charge in [-0.05, 0) is 0 Å². The summed E-state index contributed by atoms with van der Waals surface area (Å²) in [6.07, 6.45) is 0. The van der Waals surface area contributed by atoms with Gasteiger partial charge in [0.05, 0.1) is 0 Å². The molecule has 6 nitrogen and oxygen atoms in total. The van der Waals surface area contributed by atoms with E-state index in [0.717, 1.165) is 62.3 Å². The molecule has 0 amide bonds. The maximum atomic E-state index is 6.79. The third-order valence-electron chi connectivity index (χ3n) is 5.41. The minimum absolute atomic E-state index is 0.247. The standard InChI is InChI=1S/C19H29IN6/c1-20-7-9-25(10-8-20)18-17(21)19(26-13-11-24(2)12-14-26)23-16-6-4-3-5-15(16)22-18/h3-6,17H,7-14,21H2,1-2H3. The molecule has 142 valence electrons. The van der Waals surface area contributed by atoms with Crippen molar-refractivity contribution in [3.8, 4) is 0 Å². The number of likely N-dealkylation sites (N-methyl/N-ethyl adjacent to an activating group) is 1. The van der Waals surface area contributed by atoms with Crippen LogP contribution in [0.25, 0.3) is 0 Å². The summed E-state index contributed by atoms with van der Waals surface area (Å²) in [5, 5.41) is 0. The maximum absolute atomic E-state index is 6.79. The fourth-order valence-corrected chi connectivity index (χ4v) is 7.00. The first-order valence-electron chi connectivity index (χ1n) is 9.34. The predicted molar refractivity (Wildman–Crippen MR) is 119 cm³/mol. The number of fused-ring (bicyclic) bond motifs is 1. The zero-order chi connectivity index (χ0) is 18.1. The number of nitrogens with zero attached hydrogens (tertiary/aromatic N) is 5. The first kappa shape index (κ1) is 18.2. The molecular formula is C19H29IN6. The number of aliphatic imine (C=N–C) groups is 2. The molecule has 0 spiro atoms.